The number of carbonyl (C=O) groups is 1. The van der Waals surface area contributed by atoms with Crippen LogP contribution in [0.1, 0.15) is 50.3 Å². The van der Waals surface area contributed by atoms with Crippen molar-refractivity contribution in [3.05, 3.63) is 29.7 Å². The minimum absolute atomic E-state index is 0.146. The monoisotopic (exact) mass is 384 g/mol. The van der Waals surface area contributed by atoms with Crippen LogP contribution in [0.25, 0.3) is 11.2 Å². The topological polar surface area (TPSA) is 109 Å². The molecule has 0 amide bonds. The van der Waals surface area contributed by atoms with Gasteiger partial charge < -0.3 is 21.1 Å². The van der Waals surface area contributed by atoms with Gasteiger partial charge in [0, 0.05) is 43.4 Å². The first-order valence-electron chi connectivity index (χ1n) is 9.88. The van der Waals surface area contributed by atoms with Crippen molar-refractivity contribution in [2.45, 2.75) is 51.1 Å². The summed E-state index contributed by atoms with van der Waals surface area (Å²) in [6.45, 7) is 5.09. The Hall–Kier alpha value is -2.61. The van der Waals surface area contributed by atoms with Crippen molar-refractivity contribution in [1.29, 1.82) is 0 Å². The molecule has 150 valence electrons. The van der Waals surface area contributed by atoms with Gasteiger partial charge in [-0.3, -0.25) is 4.79 Å². The molecule has 8 nitrogen and oxygen atoms in total. The molecule has 28 heavy (non-hydrogen) atoms. The highest BCUT2D eigenvalue weighted by Gasteiger charge is 2.29. The number of nitrogen functional groups attached to an aromatic ring is 1. The third kappa shape index (κ3) is 3.22. The molecule has 2 aromatic heterocycles. The number of carboxylic acids is 1. The van der Waals surface area contributed by atoms with E-state index in [-0.39, 0.29) is 5.92 Å². The minimum Gasteiger partial charge on any atom is -0.480 e. The fourth-order valence-electron chi connectivity index (χ4n) is 4.28. The van der Waals surface area contributed by atoms with Crippen molar-refractivity contribution in [3.8, 4) is 0 Å². The van der Waals surface area contributed by atoms with Crippen LogP contribution in [0.5, 0.6) is 0 Å². The summed E-state index contributed by atoms with van der Waals surface area (Å²) in [5, 5.41) is 16.7. The largest absolute Gasteiger partial charge is 0.480 e. The molecule has 0 spiro atoms. The second kappa shape index (κ2) is 7.09. The van der Waals surface area contributed by atoms with Crippen LogP contribution < -0.4 is 11.1 Å². The van der Waals surface area contributed by atoms with E-state index in [1.165, 1.54) is 5.57 Å². The molecule has 2 aromatic rings. The van der Waals surface area contributed by atoms with Gasteiger partial charge in [0.2, 0.25) is 0 Å². The number of allylic oxidation sites excluding steroid dienone is 1. The number of hydrogen-bond acceptors (Lipinski definition) is 6. The van der Waals surface area contributed by atoms with E-state index in [4.69, 9.17) is 10.7 Å². The Bertz CT molecular complexity index is 928. The normalized spacial score (nSPS) is 28.4. The smallest absolute Gasteiger partial charge is 0.320 e. The molecule has 4 atom stereocenters. The number of piperidine rings is 1. The van der Waals surface area contributed by atoms with E-state index in [1.807, 2.05) is 12.3 Å². The number of anilines is 1. The highest BCUT2D eigenvalue weighted by Crippen LogP contribution is 2.34. The standard InChI is InChI=1S/C20H28N6O2/c1-11-6-14(10-25(3)12(11)2)15-9-23-26-18(21)7-17(24-19(15)26)13-4-5-16(20(27)28)22-8-13/h7,9-13,16,22H,4-6,8,21H2,1-3H3,(H,27,28). The molecule has 1 saturated heterocycles. The predicted molar refractivity (Wildman–Crippen MR) is 108 cm³/mol. The van der Waals surface area contributed by atoms with Gasteiger partial charge in [0.15, 0.2) is 5.65 Å². The van der Waals surface area contributed by atoms with E-state index in [2.05, 4.69) is 42.4 Å². The van der Waals surface area contributed by atoms with Crippen molar-refractivity contribution in [3.63, 3.8) is 0 Å². The highest BCUT2D eigenvalue weighted by molar-refractivity contribution is 5.77. The molecule has 0 aliphatic carbocycles. The average molecular weight is 384 g/mol. The van der Waals surface area contributed by atoms with Crippen molar-refractivity contribution in [2.24, 2.45) is 5.92 Å². The van der Waals surface area contributed by atoms with E-state index in [0.717, 1.165) is 29.7 Å². The number of nitrogens with one attached hydrogen (secondary N) is 1. The number of nitrogens with zero attached hydrogens (tertiary/aromatic N) is 4. The van der Waals surface area contributed by atoms with Crippen molar-refractivity contribution in [1.82, 2.24) is 24.8 Å². The molecule has 4 unspecified atom stereocenters. The Kier molecular flexibility index (Phi) is 4.74. The number of aliphatic carboxylic acids is 1. The predicted octanol–water partition coefficient (Wildman–Crippen LogP) is 1.93. The molecule has 0 bridgehead atoms. The number of carboxylic acid groups (broad SMARTS) is 1. The van der Waals surface area contributed by atoms with Crippen LogP contribution in [0.2, 0.25) is 0 Å². The SMILES string of the molecule is CC1CC(c2cnn3c(N)cc(C4CCC(C(=O)O)NC4)nc23)=CN(C)C1C. The van der Waals surface area contributed by atoms with Crippen LogP contribution in [0.3, 0.4) is 0 Å². The lowest BCUT2D eigenvalue weighted by atomic mass is 9.88. The number of fused-ring (bicyclic) bond motifs is 1. The molecule has 0 aromatic carbocycles. The molecule has 0 radical (unpaired) electrons. The third-order valence-electron chi connectivity index (χ3n) is 6.36. The second-order valence-electron chi connectivity index (χ2n) is 8.21. The van der Waals surface area contributed by atoms with Crippen LogP contribution in [-0.2, 0) is 4.79 Å². The summed E-state index contributed by atoms with van der Waals surface area (Å²) < 4.78 is 1.69. The summed E-state index contributed by atoms with van der Waals surface area (Å²) in [6, 6.07) is 1.88. The lowest BCUT2D eigenvalue weighted by Crippen LogP contribution is -2.43. The molecule has 2 aliphatic heterocycles. The summed E-state index contributed by atoms with van der Waals surface area (Å²) in [5.74, 6) is 0.442. The number of rotatable bonds is 3. The molecular formula is C20H28N6O2. The van der Waals surface area contributed by atoms with Crippen LogP contribution >= 0.6 is 0 Å². The molecule has 1 fully saturated rings. The first-order valence-corrected chi connectivity index (χ1v) is 9.88. The Balaban J connectivity index is 1.68. The molecule has 4 rings (SSSR count). The number of nitrogens with two attached hydrogens (primary N) is 1. The summed E-state index contributed by atoms with van der Waals surface area (Å²) in [5.41, 5.74) is 10.2. The Morgan fingerprint density at radius 3 is 2.79 bits per heavy atom. The maximum atomic E-state index is 11.2. The summed E-state index contributed by atoms with van der Waals surface area (Å²) >= 11 is 0. The van der Waals surface area contributed by atoms with Gasteiger partial charge in [-0.05, 0) is 37.7 Å². The summed E-state index contributed by atoms with van der Waals surface area (Å²) in [6.07, 6.45) is 6.38. The molecule has 4 heterocycles. The molecule has 0 saturated carbocycles. The lowest BCUT2D eigenvalue weighted by molar-refractivity contribution is -0.140. The Morgan fingerprint density at radius 2 is 2.14 bits per heavy atom. The van der Waals surface area contributed by atoms with Gasteiger partial charge in [-0.15, -0.1) is 0 Å². The summed E-state index contributed by atoms with van der Waals surface area (Å²) in [4.78, 5) is 18.3. The van der Waals surface area contributed by atoms with Gasteiger partial charge in [0.05, 0.1) is 11.9 Å². The fraction of sp³-hybridized carbons (Fsp3) is 0.550. The average Bonchev–Trinajstić information content (AvgIpc) is 3.10. The third-order valence-corrected chi connectivity index (χ3v) is 6.36. The zero-order valence-corrected chi connectivity index (χ0v) is 16.6. The maximum Gasteiger partial charge on any atom is 0.320 e. The zero-order valence-electron chi connectivity index (χ0n) is 16.6. The quantitative estimate of drug-likeness (QED) is 0.742. The molecule has 2 aliphatic rings. The van der Waals surface area contributed by atoms with Crippen molar-refractivity contribution in [2.75, 3.05) is 19.3 Å². The van der Waals surface area contributed by atoms with Crippen molar-refractivity contribution < 1.29 is 9.90 Å². The fourth-order valence-corrected chi connectivity index (χ4v) is 4.28. The van der Waals surface area contributed by atoms with Gasteiger partial charge in [-0.25, -0.2) is 4.98 Å². The first kappa shape index (κ1) is 18.7. The second-order valence-corrected chi connectivity index (χ2v) is 8.21. The van der Waals surface area contributed by atoms with Gasteiger partial charge in [0.25, 0.3) is 0 Å². The maximum absolute atomic E-state index is 11.2. The number of aromatic nitrogens is 3. The molecule has 8 heteroatoms. The van der Waals surface area contributed by atoms with Gasteiger partial charge in [0.1, 0.15) is 11.9 Å². The van der Waals surface area contributed by atoms with E-state index >= 15 is 0 Å². The van der Waals surface area contributed by atoms with Crippen LogP contribution in [0, 0.1) is 5.92 Å². The van der Waals surface area contributed by atoms with E-state index in [1.54, 1.807) is 4.52 Å². The van der Waals surface area contributed by atoms with E-state index in [9.17, 15) is 9.90 Å². The molecule has 4 N–H and O–H groups in total. The Labute approximate surface area is 164 Å². The zero-order chi connectivity index (χ0) is 20.0. The van der Waals surface area contributed by atoms with Crippen molar-refractivity contribution >= 4 is 23.0 Å². The lowest BCUT2D eigenvalue weighted by Gasteiger charge is -2.34. The Morgan fingerprint density at radius 1 is 1.36 bits per heavy atom. The van der Waals surface area contributed by atoms with Gasteiger partial charge in [-0.2, -0.15) is 9.61 Å². The highest BCUT2D eigenvalue weighted by atomic mass is 16.4. The van der Waals surface area contributed by atoms with Gasteiger partial charge >= 0.3 is 5.97 Å². The van der Waals surface area contributed by atoms with Crippen LogP contribution in [-0.4, -0.2) is 56.2 Å². The number of hydrogen-bond donors (Lipinski definition) is 3. The molecular weight excluding hydrogens is 356 g/mol. The van der Waals surface area contributed by atoms with Crippen LogP contribution in [0.4, 0.5) is 5.82 Å². The van der Waals surface area contributed by atoms with E-state index in [0.29, 0.717) is 30.7 Å². The minimum atomic E-state index is -0.795. The van der Waals surface area contributed by atoms with Crippen LogP contribution in [0.15, 0.2) is 18.5 Å². The summed E-state index contributed by atoms with van der Waals surface area (Å²) in [7, 11) is 2.10. The first-order chi connectivity index (χ1) is 13.3. The van der Waals surface area contributed by atoms with Gasteiger partial charge in [-0.1, -0.05) is 6.92 Å². The van der Waals surface area contributed by atoms with E-state index < -0.39 is 12.0 Å².